The summed E-state index contributed by atoms with van der Waals surface area (Å²) >= 11 is 3.32. The number of ketones is 1. The lowest BCUT2D eigenvalue weighted by Crippen LogP contribution is -2.23. The minimum Gasteiger partial charge on any atom is -0.314 e. The molecule has 3 nitrogen and oxygen atoms in total. The minimum absolute atomic E-state index is 0.111. The molecule has 1 heterocycles. The van der Waals surface area contributed by atoms with Gasteiger partial charge in [0.05, 0.1) is 0 Å². The Kier molecular flexibility index (Phi) is 4.49. The predicted octanol–water partition coefficient (Wildman–Crippen LogP) is 3.33. The van der Waals surface area contributed by atoms with Gasteiger partial charge in [0, 0.05) is 34.8 Å². The van der Waals surface area contributed by atoms with Gasteiger partial charge in [-0.3, -0.25) is 9.59 Å². The summed E-state index contributed by atoms with van der Waals surface area (Å²) in [5.41, 5.74) is 0.958. The number of benzene rings is 1. The van der Waals surface area contributed by atoms with Crippen LogP contribution < -0.4 is 5.56 Å². The molecule has 0 bridgehead atoms. The number of pyridine rings is 1. The molecule has 0 unspecified atom stereocenters. The number of carbonyl (C=O) groups is 1. The van der Waals surface area contributed by atoms with E-state index in [-0.39, 0.29) is 23.6 Å². The molecule has 0 aliphatic rings. The van der Waals surface area contributed by atoms with Crippen molar-refractivity contribution < 1.29 is 9.18 Å². The monoisotopic (exact) mass is 337 g/mol. The van der Waals surface area contributed by atoms with E-state index in [4.69, 9.17) is 0 Å². The molecular weight excluding hydrogens is 325 g/mol. The van der Waals surface area contributed by atoms with Crippen LogP contribution in [0.4, 0.5) is 4.39 Å². The Balaban J connectivity index is 2.11. The Morgan fingerprint density at radius 2 is 1.95 bits per heavy atom. The van der Waals surface area contributed by atoms with Gasteiger partial charge < -0.3 is 4.57 Å². The van der Waals surface area contributed by atoms with Crippen molar-refractivity contribution in [2.24, 2.45) is 0 Å². The zero-order valence-corrected chi connectivity index (χ0v) is 12.5. The molecule has 0 aliphatic heterocycles. The highest BCUT2D eigenvalue weighted by Gasteiger charge is 2.08. The van der Waals surface area contributed by atoms with Gasteiger partial charge in [-0.15, -0.1) is 0 Å². The van der Waals surface area contributed by atoms with E-state index in [1.165, 1.54) is 28.8 Å². The average molecular weight is 338 g/mol. The normalized spacial score (nSPS) is 10.6. The third kappa shape index (κ3) is 3.42. The number of hydrogen-bond donors (Lipinski definition) is 0. The third-order valence-corrected chi connectivity index (χ3v) is 3.41. The summed E-state index contributed by atoms with van der Waals surface area (Å²) in [6.07, 6.45) is 1.86. The maximum absolute atomic E-state index is 12.8. The number of halogens is 2. The molecule has 0 saturated heterocycles. The fourth-order valence-corrected chi connectivity index (χ4v) is 2.50. The van der Waals surface area contributed by atoms with Crippen LogP contribution in [0.5, 0.6) is 0 Å². The topological polar surface area (TPSA) is 39.1 Å². The summed E-state index contributed by atoms with van der Waals surface area (Å²) in [5.74, 6) is -0.491. The highest BCUT2D eigenvalue weighted by Crippen LogP contribution is 2.10. The molecule has 0 amide bonds. The van der Waals surface area contributed by atoms with Crippen LogP contribution >= 0.6 is 15.9 Å². The van der Waals surface area contributed by atoms with E-state index < -0.39 is 0 Å². The number of aromatic nitrogens is 1. The second kappa shape index (κ2) is 6.13. The Hall–Kier alpha value is -1.75. The van der Waals surface area contributed by atoms with E-state index >= 15 is 0 Å². The van der Waals surface area contributed by atoms with Gasteiger partial charge >= 0.3 is 0 Å². The quantitative estimate of drug-likeness (QED) is 0.802. The number of nitrogens with zero attached hydrogens (tertiary/aromatic N) is 1. The van der Waals surface area contributed by atoms with Crippen molar-refractivity contribution in [2.45, 2.75) is 19.9 Å². The van der Waals surface area contributed by atoms with Crippen molar-refractivity contribution in [3.8, 4) is 0 Å². The van der Waals surface area contributed by atoms with E-state index in [2.05, 4.69) is 15.9 Å². The SMILES string of the molecule is Cc1cc(Br)cn(CCC(=O)c2ccc(F)cc2)c1=O. The first-order chi connectivity index (χ1) is 9.47. The summed E-state index contributed by atoms with van der Waals surface area (Å²) in [5, 5.41) is 0. The highest BCUT2D eigenvalue weighted by atomic mass is 79.9. The second-order valence-electron chi connectivity index (χ2n) is 4.52. The van der Waals surface area contributed by atoms with Crippen LogP contribution in [0.25, 0.3) is 0 Å². The van der Waals surface area contributed by atoms with Crippen LogP contribution in [0.15, 0.2) is 45.8 Å². The smallest absolute Gasteiger partial charge is 0.253 e. The number of Topliss-reactive ketones (excluding diaryl/α,β-unsaturated/α-hetero) is 1. The Morgan fingerprint density at radius 3 is 2.60 bits per heavy atom. The van der Waals surface area contributed by atoms with Gasteiger partial charge in [0.1, 0.15) is 5.82 Å². The summed E-state index contributed by atoms with van der Waals surface area (Å²) in [6, 6.07) is 7.14. The molecule has 2 aromatic rings. The van der Waals surface area contributed by atoms with Gasteiger partial charge in [-0.05, 0) is 53.2 Å². The fraction of sp³-hybridized carbons (Fsp3) is 0.200. The van der Waals surface area contributed by atoms with Gasteiger partial charge in [-0.1, -0.05) is 0 Å². The summed E-state index contributed by atoms with van der Waals surface area (Å²) in [4.78, 5) is 23.9. The Labute approximate surface area is 124 Å². The van der Waals surface area contributed by atoms with Crippen LogP contribution in [-0.2, 0) is 6.54 Å². The highest BCUT2D eigenvalue weighted by molar-refractivity contribution is 9.10. The lowest BCUT2D eigenvalue weighted by molar-refractivity contribution is 0.0976. The van der Waals surface area contributed by atoms with Crippen molar-refractivity contribution in [3.63, 3.8) is 0 Å². The van der Waals surface area contributed by atoms with Crippen LogP contribution in [0, 0.1) is 12.7 Å². The molecule has 0 aliphatic carbocycles. The van der Waals surface area contributed by atoms with Crippen molar-refractivity contribution in [2.75, 3.05) is 0 Å². The average Bonchev–Trinajstić information content (AvgIpc) is 2.41. The number of aryl methyl sites for hydroxylation is 2. The van der Waals surface area contributed by atoms with Gasteiger partial charge in [0.25, 0.3) is 5.56 Å². The number of rotatable bonds is 4. The molecule has 2 rings (SSSR count). The van der Waals surface area contributed by atoms with E-state index in [1.807, 2.05) is 0 Å². The zero-order valence-electron chi connectivity index (χ0n) is 10.9. The first kappa shape index (κ1) is 14.7. The van der Waals surface area contributed by atoms with Gasteiger partial charge in [0.2, 0.25) is 0 Å². The van der Waals surface area contributed by atoms with E-state index in [0.29, 0.717) is 17.7 Å². The largest absolute Gasteiger partial charge is 0.314 e. The fourth-order valence-electron chi connectivity index (χ4n) is 1.91. The molecule has 0 radical (unpaired) electrons. The maximum atomic E-state index is 12.8. The van der Waals surface area contributed by atoms with Crippen LogP contribution in [-0.4, -0.2) is 10.4 Å². The van der Waals surface area contributed by atoms with Crippen molar-refractivity contribution in [1.29, 1.82) is 0 Å². The van der Waals surface area contributed by atoms with Gasteiger partial charge in [-0.2, -0.15) is 0 Å². The van der Waals surface area contributed by atoms with E-state index in [1.54, 1.807) is 19.2 Å². The number of hydrogen-bond acceptors (Lipinski definition) is 2. The maximum Gasteiger partial charge on any atom is 0.253 e. The molecule has 20 heavy (non-hydrogen) atoms. The van der Waals surface area contributed by atoms with Gasteiger partial charge in [0.15, 0.2) is 5.78 Å². The molecule has 0 fully saturated rings. The van der Waals surface area contributed by atoms with E-state index in [0.717, 1.165) is 4.47 Å². The minimum atomic E-state index is -0.375. The third-order valence-electron chi connectivity index (χ3n) is 2.98. The lowest BCUT2D eigenvalue weighted by atomic mass is 10.1. The van der Waals surface area contributed by atoms with Crippen LogP contribution in [0.3, 0.4) is 0 Å². The second-order valence-corrected chi connectivity index (χ2v) is 5.44. The zero-order chi connectivity index (χ0) is 14.7. The molecule has 0 N–H and O–H groups in total. The van der Waals surface area contributed by atoms with Crippen molar-refractivity contribution >= 4 is 21.7 Å². The Morgan fingerprint density at radius 1 is 1.30 bits per heavy atom. The molecule has 104 valence electrons. The first-order valence-corrected chi connectivity index (χ1v) is 6.92. The van der Waals surface area contributed by atoms with Crippen molar-refractivity contribution in [1.82, 2.24) is 4.57 Å². The van der Waals surface area contributed by atoms with Gasteiger partial charge in [-0.25, -0.2) is 4.39 Å². The molecule has 0 atom stereocenters. The predicted molar refractivity (Wildman–Crippen MR) is 78.5 cm³/mol. The molecular formula is C15H13BrFNO2. The standard InChI is InChI=1S/C15H13BrFNO2/c1-10-8-12(16)9-18(15(10)20)7-6-14(19)11-2-4-13(17)5-3-11/h2-5,8-9H,6-7H2,1H3. The van der Waals surface area contributed by atoms with Crippen molar-refractivity contribution in [3.05, 3.63) is 68.3 Å². The number of carbonyl (C=O) groups excluding carboxylic acids is 1. The molecule has 1 aromatic heterocycles. The Bertz CT molecular complexity index is 692. The van der Waals surface area contributed by atoms with Crippen LogP contribution in [0.2, 0.25) is 0 Å². The van der Waals surface area contributed by atoms with Crippen LogP contribution in [0.1, 0.15) is 22.3 Å². The summed E-state index contributed by atoms with van der Waals surface area (Å²) < 4.78 is 15.1. The first-order valence-electron chi connectivity index (χ1n) is 6.13. The summed E-state index contributed by atoms with van der Waals surface area (Å²) in [6.45, 7) is 2.03. The lowest BCUT2D eigenvalue weighted by Gasteiger charge is -2.07. The molecule has 1 aromatic carbocycles. The summed E-state index contributed by atoms with van der Waals surface area (Å²) in [7, 11) is 0. The molecule has 0 spiro atoms. The molecule has 0 saturated carbocycles. The van der Waals surface area contributed by atoms with E-state index in [9.17, 15) is 14.0 Å². The molecule has 5 heteroatoms.